The van der Waals surface area contributed by atoms with Gasteiger partial charge in [0.05, 0.1) is 5.56 Å². The molecule has 4 heterocycles. The molecule has 2 bridgehead atoms. The van der Waals surface area contributed by atoms with Crippen molar-refractivity contribution in [1.29, 1.82) is 0 Å². The minimum absolute atomic E-state index is 0.0205. The summed E-state index contributed by atoms with van der Waals surface area (Å²) in [4.78, 5) is 36.0. The van der Waals surface area contributed by atoms with Gasteiger partial charge in [-0.25, -0.2) is 14.8 Å². The average Bonchev–Trinajstić information content (AvgIpc) is 2.76. The smallest absolute Gasteiger partial charge is 0.317 e. The minimum atomic E-state index is 0.0205. The Morgan fingerprint density at radius 1 is 1.03 bits per heavy atom. The van der Waals surface area contributed by atoms with Gasteiger partial charge in [-0.15, -0.1) is 0 Å². The maximum Gasteiger partial charge on any atom is 0.317 e. The predicted molar refractivity (Wildman–Crippen MR) is 110 cm³/mol. The monoisotopic (exact) mass is 393 g/mol. The maximum atomic E-state index is 13.1. The van der Waals surface area contributed by atoms with Crippen molar-refractivity contribution >= 4 is 6.03 Å². The number of nitrogens with one attached hydrogen (secondary N) is 1. The zero-order chi connectivity index (χ0) is 19.8. The molecule has 2 aromatic rings. The molecule has 1 N–H and O–H groups in total. The molecule has 0 radical (unpaired) electrons. The van der Waals surface area contributed by atoms with Crippen LogP contribution in [0.25, 0.3) is 11.1 Å². The molecular formula is C22H27N5O2. The van der Waals surface area contributed by atoms with Gasteiger partial charge in [0.25, 0.3) is 5.56 Å². The average molecular weight is 393 g/mol. The third kappa shape index (κ3) is 3.54. The summed E-state index contributed by atoms with van der Waals surface area (Å²) in [6, 6.07) is 4.32. The van der Waals surface area contributed by atoms with Gasteiger partial charge in [-0.05, 0) is 37.3 Å². The Balaban J connectivity index is 1.36. The molecule has 2 aromatic heterocycles. The Hall–Kier alpha value is -2.70. The van der Waals surface area contributed by atoms with Crippen LogP contribution in [0, 0.1) is 5.92 Å². The highest BCUT2D eigenvalue weighted by atomic mass is 16.2. The number of hydrogen-bond acceptors (Lipinski definition) is 4. The van der Waals surface area contributed by atoms with Crippen molar-refractivity contribution in [3.63, 3.8) is 0 Å². The van der Waals surface area contributed by atoms with E-state index in [0.29, 0.717) is 30.6 Å². The van der Waals surface area contributed by atoms with Crippen molar-refractivity contribution in [3.05, 3.63) is 46.9 Å². The number of nitrogens with zero attached hydrogens (tertiary/aromatic N) is 4. The molecule has 7 heteroatoms. The van der Waals surface area contributed by atoms with Crippen LogP contribution in [0.15, 0.2) is 35.6 Å². The Kier molecular flexibility index (Phi) is 4.81. The molecule has 1 aliphatic carbocycles. The van der Waals surface area contributed by atoms with Crippen molar-refractivity contribution in [2.24, 2.45) is 5.92 Å². The topological polar surface area (TPSA) is 80.1 Å². The molecule has 0 unspecified atom stereocenters. The standard InChI is InChI=1S/C22H27N5O2/c28-21-19(17-9-23-14-24-10-17)6-7-20-16-8-15(12-27(20)21)11-26(13-16)22(29)25-18-4-2-1-3-5-18/h6-7,9-10,14-16,18H,1-5,8,11-13H2,(H,25,29)/t15-,16-/m1/s1. The molecule has 152 valence electrons. The highest BCUT2D eigenvalue weighted by molar-refractivity contribution is 5.75. The molecule has 2 fully saturated rings. The Bertz CT molecular complexity index is 951. The van der Waals surface area contributed by atoms with Crippen LogP contribution >= 0.6 is 0 Å². The molecule has 29 heavy (non-hydrogen) atoms. The Morgan fingerprint density at radius 2 is 1.83 bits per heavy atom. The van der Waals surface area contributed by atoms with Gasteiger partial charge in [0.15, 0.2) is 0 Å². The first-order valence-electron chi connectivity index (χ1n) is 10.7. The summed E-state index contributed by atoms with van der Waals surface area (Å²) in [6.07, 6.45) is 11.8. The van der Waals surface area contributed by atoms with Gasteiger partial charge in [-0.2, -0.15) is 0 Å². The molecule has 7 nitrogen and oxygen atoms in total. The van der Waals surface area contributed by atoms with Gasteiger partial charge >= 0.3 is 6.03 Å². The first-order valence-corrected chi connectivity index (χ1v) is 10.7. The zero-order valence-electron chi connectivity index (χ0n) is 16.6. The van der Waals surface area contributed by atoms with Gasteiger partial charge in [-0.1, -0.05) is 19.3 Å². The number of pyridine rings is 1. The quantitative estimate of drug-likeness (QED) is 0.851. The van der Waals surface area contributed by atoms with E-state index in [1.54, 1.807) is 12.4 Å². The first kappa shape index (κ1) is 18.3. The lowest BCUT2D eigenvalue weighted by atomic mass is 9.83. The van der Waals surface area contributed by atoms with Crippen LogP contribution in [-0.4, -0.2) is 44.6 Å². The van der Waals surface area contributed by atoms with Crippen molar-refractivity contribution < 1.29 is 4.79 Å². The number of likely N-dealkylation sites (tertiary alicyclic amines) is 1. The molecule has 2 aliphatic heterocycles. The van der Waals surface area contributed by atoms with Gasteiger partial charge in [0, 0.05) is 55.2 Å². The van der Waals surface area contributed by atoms with Gasteiger partial charge in [0.2, 0.25) is 0 Å². The van der Waals surface area contributed by atoms with Crippen LogP contribution in [0.2, 0.25) is 0 Å². The van der Waals surface area contributed by atoms with Crippen LogP contribution in [0.3, 0.4) is 0 Å². The van der Waals surface area contributed by atoms with Crippen LogP contribution in [0.5, 0.6) is 0 Å². The number of rotatable bonds is 2. The van der Waals surface area contributed by atoms with Crippen molar-refractivity contribution in [2.75, 3.05) is 13.1 Å². The number of urea groups is 1. The van der Waals surface area contributed by atoms with Crippen LogP contribution in [0.4, 0.5) is 4.79 Å². The van der Waals surface area contributed by atoms with E-state index in [2.05, 4.69) is 15.3 Å². The van der Waals surface area contributed by atoms with E-state index in [4.69, 9.17) is 0 Å². The summed E-state index contributed by atoms with van der Waals surface area (Å²) >= 11 is 0. The predicted octanol–water partition coefficient (Wildman–Crippen LogP) is 2.77. The highest BCUT2D eigenvalue weighted by Gasteiger charge is 2.37. The molecule has 0 spiro atoms. The van der Waals surface area contributed by atoms with Gasteiger partial charge < -0.3 is 14.8 Å². The molecule has 2 atom stereocenters. The number of piperidine rings is 1. The third-order valence-corrected chi connectivity index (χ3v) is 6.70. The lowest BCUT2D eigenvalue weighted by molar-refractivity contribution is 0.127. The number of fused-ring (bicyclic) bond motifs is 4. The highest BCUT2D eigenvalue weighted by Crippen LogP contribution is 2.35. The normalized spacial score (nSPS) is 24.1. The van der Waals surface area contributed by atoms with E-state index >= 15 is 0 Å². The Morgan fingerprint density at radius 3 is 2.62 bits per heavy atom. The van der Waals surface area contributed by atoms with Crippen LogP contribution in [-0.2, 0) is 6.54 Å². The first-order chi connectivity index (χ1) is 14.2. The van der Waals surface area contributed by atoms with Gasteiger partial charge in [0.1, 0.15) is 6.33 Å². The molecule has 1 saturated heterocycles. The minimum Gasteiger partial charge on any atom is -0.335 e. The van der Waals surface area contributed by atoms with E-state index in [0.717, 1.165) is 37.1 Å². The molecular weight excluding hydrogens is 366 g/mol. The zero-order valence-corrected chi connectivity index (χ0v) is 16.6. The summed E-state index contributed by atoms with van der Waals surface area (Å²) in [7, 11) is 0. The van der Waals surface area contributed by atoms with Crippen molar-refractivity contribution in [3.8, 4) is 11.1 Å². The summed E-state index contributed by atoms with van der Waals surface area (Å²) in [5, 5.41) is 3.25. The SMILES string of the molecule is O=C(NC1CCCCC1)N1C[C@H]2C[C@H](C1)c1ccc(-c3cncnc3)c(=O)n1C2. The largest absolute Gasteiger partial charge is 0.335 e. The van der Waals surface area contributed by atoms with Gasteiger partial charge in [-0.3, -0.25) is 4.79 Å². The second-order valence-corrected chi connectivity index (χ2v) is 8.70. The Labute approximate surface area is 170 Å². The third-order valence-electron chi connectivity index (χ3n) is 6.70. The number of amides is 2. The van der Waals surface area contributed by atoms with E-state index in [-0.39, 0.29) is 17.5 Å². The van der Waals surface area contributed by atoms with E-state index < -0.39 is 0 Å². The fraction of sp³-hybridized carbons (Fsp3) is 0.545. The molecule has 0 aromatic carbocycles. The van der Waals surface area contributed by atoms with E-state index in [9.17, 15) is 9.59 Å². The number of carbonyl (C=O) groups is 1. The number of hydrogen-bond donors (Lipinski definition) is 1. The molecule has 2 amide bonds. The molecule has 3 aliphatic rings. The fourth-order valence-electron chi connectivity index (χ4n) is 5.28. The fourth-order valence-corrected chi connectivity index (χ4v) is 5.28. The van der Waals surface area contributed by atoms with Crippen LogP contribution in [0.1, 0.15) is 50.1 Å². The van der Waals surface area contributed by atoms with Crippen molar-refractivity contribution in [2.45, 2.75) is 57.0 Å². The lowest BCUT2D eigenvalue weighted by Gasteiger charge is -2.43. The molecule has 5 rings (SSSR count). The summed E-state index contributed by atoms with van der Waals surface area (Å²) in [6.45, 7) is 2.07. The summed E-state index contributed by atoms with van der Waals surface area (Å²) in [5.74, 6) is 0.534. The maximum absolute atomic E-state index is 13.1. The van der Waals surface area contributed by atoms with E-state index in [1.807, 2.05) is 21.6 Å². The van der Waals surface area contributed by atoms with Crippen molar-refractivity contribution in [1.82, 2.24) is 24.8 Å². The number of aromatic nitrogens is 3. The summed E-state index contributed by atoms with van der Waals surface area (Å²) in [5.41, 5.74) is 2.45. The second-order valence-electron chi connectivity index (χ2n) is 8.70. The van der Waals surface area contributed by atoms with Crippen LogP contribution < -0.4 is 10.9 Å². The van der Waals surface area contributed by atoms with E-state index in [1.165, 1.54) is 25.6 Å². The number of carbonyl (C=O) groups excluding carboxylic acids is 1. The molecule has 1 saturated carbocycles. The summed E-state index contributed by atoms with van der Waals surface area (Å²) < 4.78 is 1.91. The lowest BCUT2D eigenvalue weighted by Crippen LogP contribution is -2.53. The second kappa shape index (κ2) is 7.61.